The molecule has 3 aromatic heterocycles. The number of benzene rings is 7. The summed E-state index contributed by atoms with van der Waals surface area (Å²) in [6, 6.07) is 63.6. The van der Waals surface area contributed by atoms with Crippen molar-refractivity contribution in [2.45, 2.75) is 38.5 Å². The smallest absolute Gasteiger partial charge is 0.235 e. The molecule has 0 amide bonds. The van der Waals surface area contributed by atoms with Crippen molar-refractivity contribution in [1.29, 1.82) is 0 Å². The SMILES string of the molecule is CC(C)(C)c1ccc(-n2c3ccccc3c3cc(C4C=c5c(n(-c6nccc(-c7cccc(-c8ccc(-c9ccccc9)cc8)c7)n6)c6ccccc56)=CC4)ccc32)cc1. The van der Waals surface area contributed by atoms with Gasteiger partial charge in [0.25, 0.3) is 0 Å². The molecule has 0 N–H and O–H groups in total. The van der Waals surface area contributed by atoms with Crippen LogP contribution in [-0.4, -0.2) is 19.1 Å². The summed E-state index contributed by atoms with van der Waals surface area (Å²) in [6.45, 7) is 6.80. The third-order valence-corrected chi connectivity index (χ3v) is 12.3. The number of hydrogen-bond acceptors (Lipinski definition) is 2. The summed E-state index contributed by atoms with van der Waals surface area (Å²) in [5, 5.41) is 6.14. The van der Waals surface area contributed by atoms with Gasteiger partial charge in [0, 0.05) is 44.7 Å². The molecule has 60 heavy (non-hydrogen) atoms. The van der Waals surface area contributed by atoms with E-state index in [0.717, 1.165) is 34.1 Å². The van der Waals surface area contributed by atoms with Crippen LogP contribution in [0, 0.1) is 0 Å². The molecule has 288 valence electrons. The van der Waals surface area contributed by atoms with Crippen LogP contribution in [0.2, 0.25) is 0 Å². The number of hydrogen-bond donors (Lipinski definition) is 0. The first-order valence-electron chi connectivity index (χ1n) is 20.9. The molecule has 7 aromatic carbocycles. The number of nitrogens with zero attached hydrogens (tertiary/aromatic N) is 4. The second-order valence-corrected chi connectivity index (χ2v) is 17.1. The molecular formula is C56H44N4. The fraction of sp³-hybridized carbons (Fsp3) is 0.107. The maximum absolute atomic E-state index is 5.23. The maximum Gasteiger partial charge on any atom is 0.235 e. The Labute approximate surface area is 350 Å². The molecule has 4 nitrogen and oxygen atoms in total. The summed E-state index contributed by atoms with van der Waals surface area (Å²) < 4.78 is 4.66. The van der Waals surface area contributed by atoms with E-state index in [1.54, 1.807) is 0 Å². The lowest BCUT2D eigenvalue weighted by molar-refractivity contribution is 0.590. The van der Waals surface area contributed by atoms with Gasteiger partial charge in [-0.25, -0.2) is 9.97 Å². The van der Waals surface area contributed by atoms with E-state index in [0.29, 0.717) is 5.95 Å². The van der Waals surface area contributed by atoms with Crippen LogP contribution in [0.25, 0.3) is 90.0 Å². The Morgan fingerprint density at radius 2 is 1.15 bits per heavy atom. The van der Waals surface area contributed by atoms with Crippen LogP contribution in [0.15, 0.2) is 182 Å². The van der Waals surface area contributed by atoms with Crippen LogP contribution in [0.5, 0.6) is 0 Å². The van der Waals surface area contributed by atoms with Crippen LogP contribution in [0.1, 0.15) is 44.2 Å². The molecule has 11 rings (SSSR count). The predicted octanol–water partition coefficient (Wildman–Crippen LogP) is 12.6. The average molecular weight is 773 g/mol. The van der Waals surface area contributed by atoms with Crippen molar-refractivity contribution in [3.05, 3.63) is 204 Å². The van der Waals surface area contributed by atoms with Crippen molar-refractivity contribution in [3.63, 3.8) is 0 Å². The quantitative estimate of drug-likeness (QED) is 0.169. The van der Waals surface area contributed by atoms with Gasteiger partial charge in [0.05, 0.1) is 27.6 Å². The molecule has 10 aromatic rings. The Morgan fingerprint density at radius 1 is 0.517 bits per heavy atom. The van der Waals surface area contributed by atoms with Gasteiger partial charge in [-0.1, -0.05) is 160 Å². The van der Waals surface area contributed by atoms with E-state index in [1.165, 1.54) is 65.9 Å². The Hall–Kier alpha value is -7.30. The van der Waals surface area contributed by atoms with Crippen LogP contribution in [0.4, 0.5) is 0 Å². The zero-order chi connectivity index (χ0) is 40.4. The van der Waals surface area contributed by atoms with Crippen LogP contribution < -0.4 is 10.6 Å². The minimum atomic E-state index is 0.107. The predicted molar refractivity (Wildman–Crippen MR) is 250 cm³/mol. The van der Waals surface area contributed by atoms with Crippen LogP contribution in [-0.2, 0) is 5.41 Å². The molecule has 1 atom stereocenters. The average Bonchev–Trinajstić information content (AvgIpc) is 3.81. The minimum Gasteiger partial charge on any atom is -0.309 e. The molecule has 1 aliphatic carbocycles. The third-order valence-electron chi connectivity index (χ3n) is 12.3. The van der Waals surface area contributed by atoms with Gasteiger partial charge in [0.2, 0.25) is 5.95 Å². The van der Waals surface area contributed by atoms with Crippen LogP contribution >= 0.6 is 0 Å². The van der Waals surface area contributed by atoms with E-state index < -0.39 is 0 Å². The highest BCUT2D eigenvalue weighted by Gasteiger charge is 2.21. The molecule has 3 heterocycles. The number of para-hydroxylation sites is 2. The lowest BCUT2D eigenvalue weighted by Gasteiger charge is -2.19. The van der Waals surface area contributed by atoms with Crippen molar-refractivity contribution < 1.29 is 0 Å². The number of rotatable bonds is 6. The van der Waals surface area contributed by atoms with Gasteiger partial charge in [-0.05, 0) is 93.7 Å². The fourth-order valence-electron chi connectivity index (χ4n) is 9.19. The van der Waals surface area contributed by atoms with Gasteiger partial charge >= 0.3 is 0 Å². The first-order valence-corrected chi connectivity index (χ1v) is 20.9. The van der Waals surface area contributed by atoms with Gasteiger partial charge in [-0.3, -0.25) is 4.57 Å². The van der Waals surface area contributed by atoms with Crippen molar-refractivity contribution in [3.8, 4) is 45.1 Å². The maximum atomic E-state index is 5.23. The Balaban J connectivity index is 0.957. The zero-order valence-corrected chi connectivity index (χ0v) is 34.0. The van der Waals surface area contributed by atoms with Gasteiger partial charge in [0.15, 0.2) is 0 Å². The number of aromatic nitrogens is 4. The number of fused-ring (bicyclic) bond motifs is 6. The summed E-state index contributed by atoms with van der Waals surface area (Å²) in [4.78, 5) is 10.1. The Bertz CT molecular complexity index is 3360. The third kappa shape index (κ3) is 6.15. The van der Waals surface area contributed by atoms with Gasteiger partial charge in [-0.2, -0.15) is 0 Å². The van der Waals surface area contributed by atoms with Gasteiger partial charge in [-0.15, -0.1) is 0 Å². The first-order chi connectivity index (χ1) is 29.4. The van der Waals surface area contributed by atoms with Gasteiger partial charge < -0.3 is 4.57 Å². The molecule has 0 radical (unpaired) electrons. The molecule has 0 fully saturated rings. The molecule has 0 spiro atoms. The standard InChI is InChI=1S/C56H44N4/c1-56(2,3)44-26-28-45(29-27-44)59-51-18-9-7-16-46(51)48-35-41(24-30-53(48)59)42-25-31-54-49(36-42)47-17-8-10-19-52(47)60(54)55-57-33-32-50(58-55)43-15-11-14-40(34-43)39-22-20-38(21-23-39)37-12-5-4-6-13-37/h4-24,26-36,42H,25H2,1-3H3. The molecule has 0 saturated heterocycles. The molecule has 0 aliphatic heterocycles. The highest BCUT2D eigenvalue weighted by atomic mass is 15.2. The lowest BCUT2D eigenvalue weighted by Crippen LogP contribution is -2.32. The normalized spacial score (nSPS) is 13.9. The monoisotopic (exact) mass is 772 g/mol. The molecular weight excluding hydrogens is 729 g/mol. The Morgan fingerprint density at radius 3 is 1.92 bits per heavy atom. The van der Waals surface area contributed by atoms with E-state index in [-0.39, 0.29) is 11.3 Å². The molecule has 1 unspecified atom stereocenters. The Kier molecular flexibility index (Phi) is 8.49. The topological polar surface area (TPSA) is 35.6 Å². The highest BCUT2D eigenvalue weighted by Crippen LogP contribution is 2.36. The zero-order valence-electron chi connectivity index (χ0n) is 34.0. The lowest BCUT2D eigenvalue weighted by atomic mass is 9.87. The second kappa shape index (κ2) is 14.2. The van der Waals surface area contributed by atoms with E-state index in [2.05, 4.69) is 212 Å². The molecule has 4 heteroatoms. The first kappa shape index (κ1) is 35.8. The summed E-state index contributed by atoms with van der Waals surface area (Å²) in [5.41, 5.74) is 14.2. The van der Waals surface area contributed by atoms with Crippen molar-refractivity contribution >= 4 is 44.9 Å². The summed E-state index contributed by atoms with van der Waals surface area (Å²) in [6.07, 6.45) is 7.63. The highest BCUT2D eigenvalue weighted by molar-refractivity contribution is 6.09. The summed E-state index contributed by atoms with van der Waals surface area (Å²) >= 11 is 0. The minimum absolute atomic E-state index is 0.107. The second-order valence-electron chi connectivity index (χ2n) is 17.1. The van der Waals surface area contributed by atoms with Crippen molar-refractivity contribution in [2.75, 3.05) is 0 Å². The van der Waals surface area contributed by atoms with E-state index in [4.69, 9.17) is 9.97 Å². The summed E-state index contributed by atoms with van der Waals surface area (Å²) in [5.74, 6) is 0.904. The van der Waals surface area contributed by atoms with Crippen molar-refractivity contribution in [2.24, 2.45) is 0 Å². The van der Waals surface area contributed by atoms with E-state index in [9.17, 15) is 0 Å². The van der Waals surface area contributed by atoms with Crippen LogP contribution in [0.3, 0.4) is 0 Å². The van der Waals surface area contributed by atoms with Gasteiger partial charge in [0.1, 0.15) is 0 Å². The van der Waals surface area contributed by atoms with E-state index in [1.807, 2.05) is 12.3 Å². The van der Waals surface area contributed by atoms with Crippen molar-refractivity contribution in [1.82, 2.24) is 19.1 Å². The van der Waals surface area contributed by atoms with E-state index >= 15 is 0 Å². The molecule has 1 aliphatic rings. The molecule has 0 saturated carbocycles. The fourth-order valence-corrected chi connectivity index (χ4v) is 9.19. The largest absolute Gasteiger partial charge is 0.309 e. The summed E-state index contributed by atoms with van der Waals surface area (Å²) in [7, 11) is 0. The molecule has 0 bridgehead atoms.